The molecule has 1 aliphatic heterocycles. The van der Waals surface area contributed by atoms with Crippen molar-refractivity contribution in [3.05, 3.63) is 29.8 Å². The topological polar surface area (TPSA) is 52.6 Å². The van der Waals surface area contributed by atoms with Gasteiger partial charge in [-0.1, -0.05) is 0 Å². The number of rotatable bonds is 5. The van der Waals surface area contributed by atoms with Crippen molar-refractivity contribution in [2.24, 2.45) is 0 Å². The Morgan fingerprint density at radius 2 is 2.00 bits per heavy atom. The Kier molecular flexibility index (Phi) is 5.10. The van der Waals surface area contributed by atoms with Gasteiger partial charge in [-0.25, -0.2) is 4.79 Å². The van der Waals surface area contributed by atoms with E-state index in [4.69, 9.17) is 5.11 Å². The third kappa shape index (κ3) is 4.14. The number of carboxylic acid groups (broad SMARTS) is 1. The van der Waals surface area contributed by atoms with Gasteiger partial charge in [-0.2, -0.15) is 0 Å². The number of carboxylic acids is 1. The van der Waals surface area contributed by atoms with Gasteiger partial charge < -0.3 is 10.4 Å². The Balaban J connectivity index is 1.83. The van der Waals surface area contributed by atoms with Gasteiger partial charge >= 0.3 is 5.97 Å². The van der Waals surface area contributed by atoms with Crippen molar-refractivity contribution in [1.82, 2.24) is 4.90 Å². The molecule has 1 aliphatic rings. The second-order valence-electron chi connectivity index (χ2n) is 4.84. The first-order valence-electron chi connectivity index (χ1n) is 6.50. The SMILES string of the molecule is CSCN1CCC(Nc2ccc(C(=O)O)cc2)CC1. The predicted octanol–water partition coefficient (Wildman–Crippen LogP) is 2.58. The highest BCUT2D eigenvalue weighted by molar-refractivity contribution is 7.98. The summed E-state index contributed by atoms with van der Waals surface area (Å²) in [5, 5.41) is 12.3. The molecular weight excluding hydrogens is 260 g/mol. The summed E-state index contributed by atoms with van der Waals surface area (Å²) in [5.41, 5.74) is 1.34. The van der Waals surface area contributed by atoms with Gasteiger partial charge in [0.25, 0.3) is 0 Å². The van der Waals surface area contributed by atoms with Crippen LogP contribution < -0.4 is 5.32 Å². The lowest BCUT2D eigenvalue weighted by Crippen LogP contribution is -2.38. The Labute approximate surface area is 118 Å². The van der Waals surface area contributed by atoms with Crippen LogP contribution in [-0.4, -0.2) is 47.2 Å². The molecule has 19 heavy (non-hydrogen) atoms. The fourth-order valence-corrected chi connectivity index (χ4v) is 2.96. The summed E-state index contributed by atoms with van der Waals surface area (Å²) in [6.45, 7) is 2.26. The maximum Gasteiger partial charge on any atom is 0.335 e. The molecule has 0 spiro atoms. The molecule has 0 unspecified atom stereocenters. The first kappa shape index (κ1) is 14.2. The predicted molar refractivity (Wildman–Crippen MR) is 80.0 cm³/mol. The van der Waals surface area contributed by atoms with Crippen LogP contribution in [0.2, 0.25) is 0 Å². The molecule has 4 nitrogen and oxygen atoms in total. The van der Waals surface area contributed by atoms with Gasteiger partial charge in [0.1, 0.15) is 0 Å². The fraction of sp³-hybridized carbons (Fsp3) is 0.500. The Morgan fingerprint density at radius 1 is 1.37 bits per heavy atom. The van der Waals surface area contributed by atoms with Gasteiger partial charge in [-0.15, -0.1) is 11.8 Å². The summed E-state index contributed by atoms with van der Waals surface area (Å²) in [4.78, 5) is 13.2. The molecule has 2 N–H and O–H groups in total. The third-order valence-corrected chi connectivity index (χ3v) is 4.03. The zero-order valence-corrected chi connectivity index (χ0v) is 11.9. The van der Waals surface area contributed by atoms with E-state index in [0.29, 0.717) is 11.6 Å². The lowest BCUT2D eigenvalue weighted by atomic mass is 10.0. The van der Waals surface area contributed by atoms with Crippen LogP contribution in [0.15, 0.2) is 24.3 Å². The number of nitrogens with one attached hydrogen (secondary N) is 1. The summed E-state index contributed by atoms with van der Waals surface area (Å²) in [7, 11) is 0. The summed E-state index contributed by atoms with van der Waals surface area (Å²) in [6.07, 6.45) is 4.41. The second kappa shape index (κ2) is 6.82. The number of piperidine rings is 1. The van der Waals surface area contributed by atoms with E-state index in [9.17, 15) is 4.79 Å². The van der Waals surface area contributed by atoms with Gasteiger partial charge in [-0.05, 0) is 43.4 Å². The van der Waals surface area contributed by atoms with E-state index in [0.717, 1.165) is 37.5 Å². The molecule has 1 fully saturated rings. The van der Waals surface area contributed by atoms with Crippen molar-refractivity contribution in [3.8, 4) is 0 Å². The molecule has 0 radical (unpaired) electrons. The van der Waals surface area contributed by atoms with Crippen LogP contribution >= 0.6 is 11.8 Å². The summed E-state index contributed by atoms with van der Waals surface area (Å²) < 4.78 is 0. The molecule has 104 valence electrons. The molecule has 1 heterocycles. The van der Waals surface area contributed by atoms with Gasteiger partial charge in [0.15, 0.2) is 0 Å². The number of thioether (sulfide) groups is 1. The molecule has 1 aromatic rings. The Hall–Kier alpha value is -1.20. The fourth-order valence-electron chi connectivity index (χ4n) is 2.33. The van der Waals surface area contributed by atoms with Crippen molar-refractivity contribution in [2.45, 2.75) is 18.9 Å². The number of hydrogen-bond donors (Lipinski definition) is 2. The number of aromatic carboxylic acids is 1. The molecule has 0 atom stereocenters. The standard InChI is InChI=1S/C14H20N2O2S/c1-19-10-16-8-6-13(7-9-16)15-12-4-2-11(3-5-12)14(17)18/h2-5,13,15H,6-10H2,1H3,(H,17,18). The largest absolute Gasteiger partial charge is 0.478 e. The number of likely N-dealkylation sites (tertiary alicyclic amines) is 1. The number of anilines is 1. The van der Waals surface area contributed by atoms with Crippen LogP contribution in [-0.2, 0) is 0 Å². The van der Waals surface area contributed by atoms with E-state index < -0.39 is 5.97 Å². The lowest BCUT2D eigenvalue weighted by Gasteiger charge is -2.32. The smallest absolute Gasteiger partial charge is 0.335 e. The number of benzene rings is 1. The minimum Gasteiger partial charge on any atom is -0.478 e. The van der Waals surface area contributed by atoms with Crippen LogP contribution in [0.25, 0.3) is 0 Å². The van der Waals surface area contributed by atoms with E-state index in [1.807, 2.05) is 23.9 Å². The highest BCUT2D eigenvalue weighted by Crippen LogP contribution is 2.18. The van der Waals surface area contributed by atoms with Gasteiger partial charge in [0.2, 0.25) is 0 Å². The average molecular weight is 280 g/mol. The zero-order chi connectivity index (χ0) is 13.7. The maximum absolute atomic E-state index is 10.8. The molecular formula is C14H20N2O2S. The van der Waals surface area contributed by atoms with E-state index in [1.165, 1.54) is 0 Å². The van der Waals surface area contributed by atoms with Crippen molar-refractivity contribution >= 4 is 23.4 Å². The molecule has 1 saturated heterocycles. The number of carbonyl (C=O) groups is 1. The summed E-state index contributed by atoms with van der Waals surface area (Å²) in [6, 6.07) is 7.48. The van der Waals surface area contributed by atoms with Gasteiger partial charge in [0.05, 0.1) is 5.56 Å². The van der Waals surface area contributed by atoms with E-state index in [-0.39, 0.29) is 0 Å². The van der Waals surface area contributed by atoms with Crippen LogP contribution in [0.4, 0.5) is 5.69 Å². The molecule has 2 rings (SSSR count). The molecule has 0 aromatic heterocycles. The highest BCUT2D eigenvalue weighted by Gasteiger charge is 2.18. The normalized spacial score (nSPS) is 17.3. The monoisotopic (exact) mass is 280 g/mol. The van der Waals surface area contributed by atoms with E-state index in [1.54, 1.807) is 12.1 Å². The molecule has 1 aromatic carbocycles. The van der Waals surface area contributed by atoms with Gasteiger partial charge in [0, 0.05) is 30.7 Å². The quantitative estimate of drug-likeness (QED) is 0.868. The second-order valence-corrected chi connectivity index (χ2v) is 5.67. The van der Waals surface area contributed by atoms with Crippen molar-refractivity contribution in [2.75, 3.05) is 30.5 Å². The molecule has 0 aliphatic carbocycles. The Bertz CT molecular complexity index is 414. The lowest BCUT2D eigenvalue weighted by molar-refractivity contribution is 0.0697. The van der Waals surface area contributed by atoms with Crippen LogP contribution in [0, 0.1) is 0 Å². The minimum atomic E-state index is -0.878. The van der Waals surface area contributed by atoms with Crippen LogP contribution in [0.1, 0.15) is 23.2 Å². The Morgan fingerprint density at radius 3 is 2.53 bits per heavy atom. The molecule has 5 heteroatoms. The first-order chi connectivity index (χ1) is 9.19. The van der Waals surface area contributed by atoms with Crippen molar-refractivity contribution in [1.29, 1.82) is 0 Å². The van der Waals surface area contributed by atoms with E-state index in [2.05, 4.69) is 16.5 Å². The summed E-state index contributed by atoms with van der Waals surface area (Å²) in [5.74, 6) is 0.233. The first-order valence-corrected chi connectivity index (χ1v) is 7.89. The summed E-state index contributed by atoms with van der Waals surface area (Å²) >= 11 is 1.87. The minimum absolute atomic E-state index is 0.334. The maximum atomic E-state index is 10.8. The molecule has 0 amide bonds. The van der Waals surface area contributed by atoms with Crippen LogP contribution in [0.5, 0.6) is 0 Å². The van der Waals surface area contributed by atoms with Crippen molar-refractivity contribution < 1.29 is 9.90 Å². The number of nitrogens with zero attached hydrogens (tertiary/aromatic N) is 1. The number of hydrogen-bond acceptors (Lipinski definition) is 4. The van der Waals surface area contributed by atoms with E-state index >= 15 is 0 Å². The van der Waals surface area contributed by atoms with Gasteiger partial charge in [-0.3, -0.25) is 4.90 Å². The third-order valence-electron chi connectivity index (χ3n) is 3.40. The zero-order valence-electron chi connectivity index (χ0n) is 11.1. The van der Waals surface area contributed by atoms with Crippen LogP contribution in [0.3, 0.4) is 0 Å². The molecule has 0 bridgehead atoms. The van der Waals surface area contributed by atoms with Crippen molar-refractivity contribution in [3.63, 3.8) is 0 Å². The average Bonchev–Trinajstić information content (AvgIpc) is 2.42. The molecule has 0 saturated carbocycles. The highest BCUT2D eigenvalue weighted by atomic mass is 32.2.